The fourth-order valence-corrected chi connectivity index (χ4v) is 1.07. The van der Waals surface area contributed by atoms with Crippen molar-refractivity contribution < 1.29 is 13.9 Å². The number of carbonyl (C=O) groups is 1. The molecule has 0 saturated heterocycles. The van der Waals surface area contributed by atoms with Crippen molar-refractivity contribution in [3.63, 3.8) is 0 Å². The molecule has 1 aromatic rings. The van der Waals surface area contributed by atoms with E-state index in [0.717, 1.165) is 0 Å². The van der Waals surface area contributed by atoms with E-state index < -0.39 is 17.4 Å². The molecule has 15 heavy (non-hydrogen) atoms. The number of ether oxygens (including phenoxy) is 1. The Bertz CT molecular complexity index is 387. The first-order chi connectivity index (χ1) is 6.81. The van der Waals surface area contributed by atoms with Gasteiger partial charge in [0, 0.05) is 6.20 Å². The van der Waals surface area contributed by atoms with Crippen LogP contribution in [0.15, 0.2) is 12.3 Å². The zero-order valence-electron chi connectivity index (χ0n) is 8.67. The molecule has 0 aliphatic heterocycles. The van der Waals surface area contributed by atoms with Crippen molar-refractivity contribution in [1.82, 2.24) is 4.98 Å². The van der Waals surface area contributed by atoms with Crippen molar-refractivity contribution in [1.29, 1.82) is 0 Å². The average molecular weight is 232 g/mol. The predicted molar refractivity (Wildman–Crippen MR) is 54.4 cm³/mol. The van der Waals surface area contributed by atoms with E-state index in [0.29, 0.717) is 0 Å². The molecule has 1 rings (SSSR count). The summed E-state index contributed by atoms with van der Waals surface area (Å²) in [6.45, 7) is 5.10. The summed E-state index contributed by atoms with van der Waals surface area (Å²) in [6.07, 6.45) is 1.25. The minimum absolute atomic E-state index is 0.204. The van der Waals surface area contributed by atoms with Crippen LogP contribution in [0.5, 0.6) is 0 Å². The summed E-state index contributed by atoms with van der Waals surface area (Å²) in [4.78, 5) is 15.0. The van der Waals surface area contributed by atoms with E-state index in [1.807, 2.05) is 0 Å². The number of pyridine rings is 1. The highest BCUT2D eigenvalue weighted by Gasteiger charge is 2.21. The fraction of sp³-hybridized carbons (Fsp3) is 0.400. The molecule has 0 N–H and O–H groups in total. The second kappa shape index (κ2) is 4.14. The summed E-state index contributed by atoms with van der Waals surface area (Å²) >= 11 is 5.44. The molecule has 0 saturated carbocycles. The summed E-state index contributed by atoms with van der Waals surface area (Å²) in [5.74, 6) is -1.60. The molecule has 1 heterocycles. The van der Waals surface area contributed by atoms with Crippen molar-refractivity contribution in [2.75, 3.05) is 0 Å². The van der Waals surface area contributed by atoms with Crippen LogP contribution in [0.4, 0.5) is 4.39 Å². The maximum Gasteiger partial charge on any atom is 0.341 e. The number of hydrogen-bond donors (Lipinski definition) is 0. The van der Waals surface area contributed by atoms with Gasteiger partial charge in [0.2, 0.25) is 0 Å². The molecule has 0 spiro atoms. The smallest absolute Gasteiger partial charge is 0.341 e. The quantitative estimate of drug-likeness (QED) is 0.551. The number of hydrogen-bond acceptors (Lipinski definition) is 3. The molecule has 82 valence electrons. The Hall–Kier alpha value is -1.16. The molecule has 0 aromatic carbocycles. The van der Waals surface area contributed by atoms with Gasteiger partial charge >= 0.3 is 5.97 Å². The molecule has 0 aliphatic rings. The molecule has 0 amide bonds. The molecule has 1 aromatic heterocycles. The Morgan fingerprint density at radius 1 is 1.53 bits per heavy atom. The fourth-order valence-electron chi connectivity index (χ4n) is 0.909. The molecular formula is C10H11ClFNO2. The monoisotopic (exact) mass is 231 g/mol. The van der Waals surface area contributed by atoms with Crippen molar-refractivity contribution >= 4 is 17.6 Å². The first-order valence-corrected chi connectivity index (χ1v) is 4.72. The van der Waals surface area contributed by atoms with Crippen molar-refractivity contribution in [2.45, 2.75) is 26.4 Å². The third-order valence-electron chi connectivity index (χ3n) is 1.47. The lowest BCUT2D eigenvalue weighted by Gasteiger charge is -2.19. The standard InChI is InChI=1S/C10H11ClFNO2/c1-10(2,3)15-9(14)6-4-5-13-8(11)7(6)12/h4-5H,1-3H3. The lowest BCUT2D eigenvalue weighted by Crippen LogP contribution is -2.24. The number of esters is 1. The van der Waals surface area contributed by atoms with E-state index in [1.165, 1.54) is 12.3 Å². The second-order valence-corrected chi connectivity index (χ2v) is 4.32. The zero-order valence-corrected chi connectivity index (χ0v) is 9.43. The summed E-state index contributed by atoms with van der Waals surface area (Å²) < 4.78 is 18.3. The normalized spacial score (nSPS) is 11.3. The first-order valence-electron chi connectivity index (χ1n) is 4.34. The largest absolute Gasteiger partial charge is 0.456 e. The minimum Gasteiger partial charge on any atom is -0.456 e. The van der Waals surface area contributed by atoms with Crippen molar-refractivity contribution in [3.05, 3.63) is 28.8 Å². The Kier molecular flexibility index (Phi) is 3.29. The van der Waals surface area contributed by atoms with Gasteiger partial charge in [0.1, 0.15) is 11.2 Å². The summed E-state index contributed by atoms with van der Waals surface area (Å²) in [6, 6.07) is 1.23. The van der Waals surface area contributed by atoms with Crippen LogP contribution in [-0.4, -0.2) is 16.6 Å². The van der Waals surface area contributed by atoms with Gasteiger partial charge in [-0.15, -0.1) is 0 Å². The van der Waals surface area contributed by atoms with E-state index in [2.05, 4.69) is 4.98 Å². The second-order valence-electron chi connectivity index (χ2n) is 3.97. The van der Waals surface area contributed by atoms with E-state index in [1.54, 1.807) is 20.8 Å². The molecule has 0 radical (unpaired) electrons. The molecule has 3 nitrogen and oxygen atoms in total. The van der Waals surface area contributed by atoms with E-state index in [9.17, 15) is 9.18 Å². The van der Waals surface area contributed by atoms with Gasteiger partial charge in [0.15, 0.2) is 11.0 Å². The van der Waals surface area contributed by atoms with E-state index in [-0.39, 0.29) is 10.7 Å². The lowest BCUT2D eigenvalue weighted by atomic mass is 10.2. The molecule has 5 heteroatoms. The molecule has 0 aliphatic carbocycles. The zero-order chi connectivity index (χ0) is 11.6. The van der Waals surface area contributed by atoms with Crippen LogP contribution in [0.25, 0.3) is 0 Å². The number of aromatic nitrogens is 1. The third-order valence-corrected chi connectivity index (χ3v) is 1.73. The molecular weight excluding hydrogens is 221 g/mol. The van der Waals surface area contributed by atoms with Crippen molar-refractivity contribution in [2.24, 2.45) is 0 Å². The van der Waals surface area contributed by atoms with Gasteiger partial charge in [-0.2, -0.15) is 0 Å². The first kappa shape index (κ1) is 11.9. The third kappa shape index (κ3) is 3.16. The summed E-state index contributed by atoms with van der Waals surface area (Å²) in [5.41, 5.74) is -0.871. The van der Waals surface area contributed by atoms with Gasteiger partial charge < -0.3 is 4.74 Å². The van der Waals surface area contributed by atoms with Crippen LogP contribution in [-0.2, 0) is 4.74 Å². The van der Waals surface area contributed by atoms with Gasteiger partial charge in [0.05, 0.1) is 0 Å². The maximum atomic E-state index is 13.3. The SMILES string of the molecule is CC(C)(C)OC(=O)c1ccnc(Cl)c1F. The maximum absolute atomic E-state index is 13.3. The van der Waals surface area contributed by atoms with Crippen molar-refractivity contribution in [3.8, 4) is 0 Å². The number of rotatable bonds is 1. The van der Waals surface area contributed by atoms with Crippen LogP contribution in [0.1, 0.15) is 31.1 Å². The Morgan fingerprint density at radius 3 is 2.67 bits per heavy atom. The van der Waals surface area contributed by atoms with Crippen LogP contribution in [0.3, 0.4) is 0 Å². The van der Waals surface area contributed by atoms with Crippen LogP contribution < -0.4 is 0 Å². The van der Waals surface area contributed by atoms with Crippen LogP contribution in [0.2, 0.25) is 5.15 Å². The molecule has 0 atom stereocenters. The number of halogens is 2. The number of carbonyl (C=O) groups excluding carboxylic acids is 1. The highest BCUT2D eigenvalue weighted by molar-refractivity contribution is 6.29. The highest BCUT2D eigenvalue weighted by atomic mass is 35.5. The van der Waals surface area contributed by atoms with Gasteiger partial charge in [0.25, 0.3) is 0 Å². The van der Waals surface area contributed by atoms with Gasteiger partial charge in [-0.25, -0.2) is 14.2 Å². The minimum atomic E-state index is -0.853. The predicted octanol–water partition coefficient (Wildman–Crippen LogP) is 2.83. The summed E-state index contributed by atoms with van der Waals surface area (Å²) in [5, 5.41) is -0.335. The van der Waals surface area contributed by atoms with Gasteiger partial charge in [-0.1, -0.05) is 11.6 Å². The van der Waals surface area contributed by atoms with Gasteiger partial charge in [-0.05, 0) is 26.8 Å². The molecule has 0 fully saturated rings. The average Bonchev–Trinajstić information content (AvgIpc) is 2.06. The molecule has 0 unspecified atom stereocenters. The van der Waals surface area contributed by atoms with E-state index in [4.69, 9.17) is 16.3 Å². The Balaban J connectivity index is 2.97. The van der Waals surface area contributed by atoms with Crippen LogP contribution >= 0.6 is 11.6 Å². The Morgan fingerprint density at radius 2 is 2.13 bits per heavy atom. The molecule has 0 bridgehead atoms. The highest BCUT2D eigenvalue weighted by Crippen LogP contribution is 2.18. The van der Waals surface area contributed by atoms with Gasteiger partial charge in [-0.3, -0.25) is 0 Å². The van der Waals surface area contributed by atoms with Crippen LogP contribution in [0, 0.1) is 5.82 Å². The summed E-state index contributed by atoms with van der Waals surface area (Å²) in [7, 11) is 0. The van der Waals surface area contributed by atoms with E-state index >= 15 is 0 Å². The number of nitrogens with zero attached hydrogens (tertiary/aromatic N) is 1. The topological polar surface area (TPSA) is 39.2 Å². The lowest BCUT2D eigenvalue weighted by molar-refractivity contribution is 0.00645. The Labute approximate surface area is 92.2 Å².